The number of nitrogen functional groups attached to an aromatic ring is 1. The van der Waals surface area contributed by atoms with E-state index in [2.05, 4.69) is 4.37 Å². The molecule has 82 valence electrons. The van der Waals surface area contributed by atoms with Gasteiger partial charge in [-0.25, -0.2) is 0 Å². The number of benzene rings is 1. The van der Waals surface area contributed by atoms with Crippen LogP contribution in [0.4, 0.5) is 5.00 Å². The summed E-state index contributed by atoms with van der Waals surface area (Å²) in [5.74, 6) is -0.458. The summed E-state index contributed by atoms with van der Waals surface area (Å²) in [6, 6.07) is 7.13. The summed E-state index contributed by atoms with van der Waals surface area (Å²) in [5, 5.41) is 0.603. The topological polar surface area (TPSA) is 82.0 Å². The third-order valence-electron chi connectivity index (χ3n) is 2.35. The number of amides is 1. The molecule has 4 N–H and O–H groups in total. The van der Waals surface area contributed by atoms with Gasteiger partial charge in [-0.1, -0.05) is 18.2 Å². The van der Waals surface area contributed by atoms with Gasteiger partial charge < -0.3 is 11.5 Å². The average molecular weight is 233 g/mol. The van der Waals surface area contributed by atoms with E-state index in [1.165, 1.54) is 11.5 Å². The molecule has 0 saturated heterocycles. The van der Waals surface area contributed by atoms with Gasteiger partial charge in [0.1, 0.15) is 5.00 Å². The fourth-order valence-corrected chi connectivity index (χ4v) is 2.31. The number of hydrogen-bond acceptors (Lipinski definition) is 4. The SMILES string of the molecule is Cc1nsc(N)c1-c1ccccc1C(N)=O. The quantitative estimate of drug-likeness (QED) is 0.829. The Balaban J connectivity index is 2.69. The Morgan fingerprint density at radius 2 is 2.06 bits per heavy atom. The van der Waals surface area contributed by atoms with E-state index >= 15 is 0 Å². The number of primary amides is 1. The molecule has 0 saturated carbocycles. The summed E-state index contributed by atoms with van der Waals surface area (Å²) >= 11 is 1.22. The Labute approximate surface area is 97.1 Å². The second-order valence-electron chi connectivity index (χ2n) is 3.42. The van der Waals surface area contributed by atoms with Crippen LogP contribution in [0.25, 0.3) is 11.1 Å². The Morgan fingerprint density at radius 3 is 2.62 bits per heavy atom. The largest absolute Gasteiger partial charge is 0.389 e. The van der Waals surface area contributed by atoms with Gasteiger partial charge in [-0.2, -0.15) is 4.37 Å². The zero-order valence-corrected chi connectivity index (χ0v) is 9.54. The molecule has 1 aromatic heterocycles. The van der Waals surface area contributed by atoms with E-state index in [-0.39, 0.29) is 0 Å². The number of carbonyl (C=O) groups is 1. The lowest BCUT2D eigenvalue weighted by Crippen LogP contribution is -2.12. The second kappa shape index (κ2) is 3.94. The number of nitrogens with zero attached hydrogens (tertiary/aromatic N) is 1. The lowest BCUT2D eigenvalue weighted by molar-refractivity contribution is 0.100. The zero-order chi connectivity index (χ0) is 11.7. The molecule has 0 aliphatic carbocycles. The van der Waals surface area contributed by atoms with E-state index < -0.39 is 5.91 Å². The van der Waals surface area contributed by atoms with Crippen LogP contribution in [0, 0.1) is 6.92 Å². The summed E-state index contributed by atoms with van der Waals surface area (Å²) in [6.07, 6.45) is 0. The maximum absolute atomic E-state index is 11.3. The van der Waals surface area contributed by atoms with Crippen molar-refractivity contribution in [1.82, 2.24) is 4.37 Å². The molecule has 4 nitrogen and oxygen atoms in total. The summed E-state index contributed by atoms with van der Waals surface area (Å²) in [6.45, 7) is 1.86. The molecule has 1 amide bonds. The van der Waals surface area contributed by atoms with Crippen molar-refractivity contribution in [3.8, 4) is 11.1 Å². The maximum Gasteiger partial charge on any atom is 0.249 e. The molecule has 0 aliphatic rings. The van der Waals surface area contributed by atoms with Gasteiger partial charge >= 0.3 is 0 Å². The van der Waals surface area contributed by atoms with Gasteiger partial charge in [0.2, 0.25) is 5.91 Å². The van der Waals surface area contributed by atoms with Crippen LogP contribution in [0.5, 0.6) is 0 Å². The molecule has 0 fully saturated rings. The van der Waals surface area contributed by atoms with E-state index in [0.29, 0.717) is 10.6 Å². The van der Waals surface area contributed by atoms with Gasteiger partial charge in [0.15, 0.2) is 0 Å². The Bertz CT molecular complexity index is 528. The number of carbonyl (C=O) groups excluding carboxylic acids is 1. The molecule has 16 heavy (non-hydrogen) atoms. The van der Waals surface area contributed by atoms with E-state index in [1.807, 2.05) is 19.1 Å². The molecule has 2 rings (SSSR count). The van der Waals surface area contributed by atoms with Gasteiger partial charge in [-0.3, -0.25) is 4.79 Å². The van der Waals surface area contributed by atoms with Crippen LogP contribution in [0.1, 0.15) is 16.1 Å². The van der Waals surface area contributed by atoms with E-state index in [1.54, 1.807) is 12.1 Å². The van der Waals surface area contributed by atoms with Crippen LogP contribution in [0.2, 0.25) is 0 Å². The van der Waals surface area contributed by atoms with Crippen molar-refractivity contribution in [3.63, 3.8) is 0 Å². The monoisotopic (exact) mass is 233 g/mol. The molecule has 0 atom stereocenters. The predicted octanol–water partition coefficient (Wildman–Crippen LogP) is 1.80. The fraction of sp³-hybridized carbons (Fsp3) is 0.0909. The van der Waals surface area contributed by atoms with Crippen molar-refractivity contribution < 1.29 is 4.79 Å². The highest BCUT2D eigenvalue weighted by Crippen LogP contribution is 2.34. The second-order valence-corrected chi connectivity index (χ2v) is 4.22. The highest BCUT2D eigenvalue weighted by Gasteiger charge is 2.15. The minimum absolute atomic E-state index is 0.458. The van der Waals surface area contributed by atoms with E-state index in [0.717, 1.165) is 16.8 Å². The maximum atomic E-state index is 11.3. The summed E-state index contributed by atoms with van der Waals surface area (Å²) < 4.78 is 4.16. The van der Waals surface area contributed by atoms with Crippen LogP contribution < -0.4 is 11.5 Å². The molecule has 0 spiro atoms. The minimum Gasteiger partial charge on any atom is -0.389 e. The zero-order valence-electron chi connectivity index (χ0n) is 8.73. The normalized spacial score (nSPS) is 10.3. The smallest absolute Gasteiger partial charge is 0.249 e. The molecule has 1 aromatic carbocycles. The molecular weight excluding hydrogens is 222 g/mol. The first-order valence-electron chi connectivity index (χ1n) is 4.72. The van der Waals surface area contributed by atoms with Crippen LogP contribution >= 0.6 is 11.5 Å². The van der Waals surface area contributed by atoms with Crippen LogP contribution in [-0.2, 0) is 0 Å². The molecule has 5 heteroatoms. The number of anilines is 1. The first-order chi connectivity index (χ1) is 7.61. The van der Waals surface area contributed by atoms with Gasteiger partial charge in [-0.15, -0.1) is 0 Å². The van der Waals surface area contributed by atoms with Gasteiger partial charge in [-0.05, 0) is 30.1 Å². The number of rotatable bonds is 2. The first kappa shape index (κ1) is 10.6. The molecule has 0 radical (unpaired) electrons. The van der Waals surface area contributed by atoms with Crippen LogP contribution in [0.3, 0.4) is 0 Å². The number of aryl methyl sites for hydroxylation is 1. The molecule has 0 bridgehead atoms. The van der Waals surface area contributed by atoms with Crippen molar-refractivity contribution in [1.29, 1.82) is 0 Å². The molecule has 0 unspecified atom stereocenters. The van der Waals surface area contributed by atoms with Crippen molar-refractivity contribution >= 4 is 22.4 Å². The first-order valence-corrected chi connectivity index (χ1v) is 5.49. The molecular formula is C11H11N3OS. The third-order valence-corrected chi connectivity index (χ3v) is 3.12. The molecule has 1 heterocycles. The number of nitrogens with two attached hydrogens (primary N) is 2. The van der Waals surface area contributed by atoms with Crippen molar-refractivity contribution in [3.05, 3.63) is 35.5 Å². The minimum atomic E-state index is -0.458. The van der Waals surface area contributed by atoms with Crippen molar-refractivity contribution in [2.24, 2.45) is 5.73 Å². The average Bonchev–Trinajstić information content (AvgIpc) is 2.58. The molecule has 0 aliphatic heterocycles. The third kappa shape index (κ3) is 1.65. The highest BCUT2D eigenvalue weighted by atomic mass is 32.1. The standard InChI is InChI=1S/C11H11N3OS/c1-6-9(11(13)16-14-6)7-4-2-3-5-8(7)10(12)15/h2-5H,13H2,1H3,(H2,12,15). The Kier molecular flexibility index (Phi) is 2.62. The van der Waals surface area contributed by atoms with Gasteiger partial charge in [0, 0.05) is 11.1 Å². The Morgan fingerprint density at radius 1 is 1.38 bits per heavy atom. The van der Waals surface area contributed by atoms with Crippen LogP contribution in [-0.4, -0.2) is 10.3 Å². The number of aromatic nitrogens is 1. The van der Waals surface area contributed by atoms with Crippen molar-refractivity contribution in [2.45, 2.75) is 6.92 Å². The predicted molar refractivity (Wildman–Crippen MR) is 65.2 cm³/mol. The van der Waals surface area contributed by atoms with E-state index in [9.17, 15) is 4.79 Å². The van der Waals surface area contributed by atoms with Gasteiger partial charge in [0.25, 0.3) is 0 Å². The Hall–Kier alpha value is -1.88. The highest BCUT2D eigenvalue weighted by molar-refractivity contribution is 7.10. The lowest BCUT2D eigenvalue weighted by Gasteiger charge is -2.06. The van der Waals surface area contributed by atoms with Crippen LogP contribution in [0.15, 0.2) is 24.3 Å². The molecule has 2 aromatic rings. The summed E-state index contributed by atoms with van der Waals surface area (Å²) in [5.41, 5.74) is 14.0. The number of hydrogen-bond donors (Lipinski definition) is 2. The summed E-state index contributed by atoms with van der Waals surface area (Å²) in [4.78, 5) is 11.3. The fourth-order valence-electron chi connectivity index (χ4n) is 1.63. The van der Waals surface area contributed by atoms with E-state index in [4.69, 9.17) is 11.5 Å². The van der Waals surface area contributed by atoms with Gasteiger partial charge in [0.05, 0.1) is 5.69 Å². The van der Waals surface area contributed by atoms with Crippen molar-refractivity contribution in [2.75, 3.05) is 5.73 Å². The lowest BCUT2D eigenvalue weighted by atomic mass is 10.00. The summed E-state index contributed by atoms with van der Waals surface area (Å²) in [7, 11) is 0.